The van der Waals surface area contributed by atoms with E-state index in [0.717, 1.165) is 19.3 Å². The molecule has 0 bridgehead atoms. The van der Waals surface area contributed by atoms with Gasteiger partial charge in [0, 0.05) is 18.3 Å². The van der Waals surface area contributed by atoms with Crippen LogP contribution in [0.5, 0.6) is 0 Å². The molecule has 0 aromatic carbocycles. The van der Waals surface area contributed by atoms with Gasteiger partial charge in [-0.15, -0.1) is 5.10 Å². The normalized spacial score (nSPS) is 25.4. The molecule has 1 fully saturated rings. The second-order valence-electron chi connectivity index (χ2n) is 3.87. The Kier molecular flexibility index (Phi) is 2.96. The Labute approximate surface area is 87.8 Å². The maximum atomic E-state index is 11.6. The molecule has 15 heavy (non-hydrogen) atoms. The Morgan fingerprint density at radius 2 is 2.47 bits per heavy atom. The molecule has 82 valence electrons. The number of carbonyl (C=O) groups is 1. The molecule has 3 N–H and O–H groups in total. The van der Waals surface area contributed by atoms with E-state index in [1.54, 1.807) is 12.4 Å². The molecular formula is C9H15N5O. The van der Waals surface area contributed by atoms with Crippen LogP contribution >= 0.6 is 0 Å². The number of hydrogen-bond donors (Lipinski definition) is 2. The summed E-state index contributed by atoms with van der Waals surface area (Å²) >= 11 is 0. The van der Waals surface area contributed by atoms with Crippen LogP contribution in [0, 0.1) is 0 Å². The first kappa shape index (κ1) is 10.1. The quantitative estimate of drug-likeness (QED) is 0.687. The van der Waals surface area contributed by atoms with Crippen molar-refractivity contribution in [2.45, 2.75) is 37.9 Å². The smallest absolute Gasteiger partial charge is 0.242 e. The first-order valence-electron chi connectivity index (χ1n) is 5.15. The molecule has 1 amide bonds. The summed E-state index contributed by atoms with van der Waals surface area (Å²) < 4.78 is 1.50. The fourth-order valence-electron chi connectivity index (χ4n) is 1.88. The third kappa shape index (κ3) is 2.53. The van der Waals surface area contributed by atoms with Crippen LogP contribution in [0.25, 0.3) is 0 Å². The fraction of sp³-hybridized carbons (Fsp3) is 0.667. The van der Waals surface area contributed by atoms with Gasteiger partial charge in [0.05, 0.1) is 6.20 Å². The molecule has 0 aliphatic heterocycles. The highest BCUT2D eigenvalue weighted by Gasteiger charge is 2.25. The van der Waals surface area contributed by atoms with E-state index in [-0.39, 0.29) is 24.5 Å². The minimum absolute atomic E-state index is 0.0529. The highest BCUT2D eigenvalue weighted by atomic mass is 16.2. The molecule has 1 aliphatic rings. The average molecular weight is 209 g/mol. The summed E-state index contributed by atoms with van der Waals surface area (Å²) in [5, 5.41) is 10.3. The van der Waals surface area contributed by atoms with Gasteiger partial charge in [0.1, 0.15) is 6.54 Å². The zero-order valence-electron chi connectivity index (χ0n) is 8.47. The van der Waals surface area contributed by atoms with Crippen LogP contribution in [0.3, 0.4) is 0 Å². The number of amides is 1. The summed E-state index contributed by atoms with van der Waals surface area (Å²) in [6.07, 6.45) is 6.27. The molecule has 0 radical (unpaired) electrons. The molecular weight excluding hydrogens is 194 g/mol. The van der Waals surface area contributed by atoms with Crippen LogP contribution in [0.2, 0.25) is 0 Å². The highest BCUT2D eigenvalue weighted by molar-refractivity contribution is 5.76. The Morgan fingerprint density at radius 1 is 1.60 bits per heavy atom. The lowest BCUT2D eigenvalue weighted by atomic mass is 10.2. The van der Waals surface area contributed by atoms with Gasteiger partial charge in [-0.05, 0) is 19.3 Å². The topological polar surface area (TPSA) is 85.8 Å². The molecule has 6 nitrogen and oxygen atoms in total. The number of nitrogens with one attached hydrogen (secondary N) is 1. The van der Waals surface area contributed by atoms with Crippen molar-refractivity contribution in [1.82, 2.24) is 20.3 Å². The number of carbonyl (C=O) groups excluding carboxylic acids is 1. The lowest BCUT2D eigenvalue weighted by Gasteiger charge is -2.16. The SMILES string of the molecule is NC1CCCC1NC(=O)Cn1ccnn1. The maximum Gasteiger partial charge on any atom is 0.242 e. The molecule has 1 saturated carbocycles. The molecule has 1 heterocycles. The fourth-order valence-corrected chi connectivity index (χ4v) is 1.88. The second kappa shape index (κ2) is 4.39. The lowest BCUT2D eigenvalue weighted by Crippen LogP contribution is -2.45. The predicted molar refractivity (Wildman–Crippen MR) is 53.8 cm³/mol. The number of nitrogens with two attached hydrogens (primary N) is 1. The molecule has 0 spiro atoms. The Hall–Kier alpha value is -1.43. The van der Waals surface area contributed by atoms with Crippen LogP contribution in [-0.4, -0.2) is 33.0 Å². The van der Waals surface area contributed by atoms with E-state index in [1.165, 1.54) is 4.68 Å². The molecule has 1 aliphatic carbocycles. The van der Waals surface area contributed by atoms with Crippen molar-refractivity contribution in [2.75, 3.05) is 0 Å². The van der Waals surface area contributed by atoms with E-state index in [2.05, 4.69) is 15.6 Å². The molecule has 2 rings (SSSR count). The van der Waals surface area contributed by atoms with Crippen LogP contribution in [0.15, 0.2) is 12.4 Å². The van der Waals surface area contributed by atoms with Crippen LogP contribution in [0.1, 0.15) is 19.3 Å². The van der Waals surface area contributed by atoms with Crippen molar-refractivity contribution in [2.24, 2.45) is 5.73 Å². The zero-order valence-corrected chi connectivity index (χ0v) is 8.47. The van der Waals surface area contributed by atoms with Crippen LogP contribution in [-0.2, 0) is 11.3 Å². The molecule has 1 aromatic heterocycles. The van der Waals surface area contributed by atoms with Gasteiger partial charge >= 0.3 is 0 Å². The molecule has 0 saturated heterocycles. The second-order valence-corrected chi connectivity index (χ2v) is 3.87. The van der Waals surface area contributed by atoms with E-state index in [4.69, 9.17) is 5.73 Å². The predicted octanol–water partition coefficient (Wildman–Crippen LogP) is -0.726. The monoisotopic (exact) mass is 209 g/mol. The summed E-state index contributed by atoms with van der Waals surface area (Å²) in [7, 11) is 0. The van der Waals surface area contributed by atoms with Crippen molar-refractivity contribution < 1.29 is 4.79 Å². The molecule has 2 unspecified atom stereocenters. The van der Waals surface area contributed by atoms with Crippen molar-refractivity contribution in [3.8, 4) is 0 Å². The third-order valence-corrected chi connectivity index (χ3v) is 2.69. The average Bonchev–Trinajstić information content (AvgIpc) is 2.79. The highest BCUT2D eigenvalue weighted by Crippen LogP contribution is 2.16. The van der Waals surface area contributed by atoms with E-state index in [1.807, 2.05) is 0 Å². The summed E-state index contributed by atoms with van der Waals surface area (Å²) in [5.74, 6) is -0.0529. The minimum Gasteiger partial charge on any atom is -0.350 e. The summed E-state index contributed by atoms with van der Waals surface area (Å²) in [6.45, 7) is 0.212. The Bertz CT molecular complexity index is 323. The standard InChI is InChI=1S/C9H15N5O/c10-7-2-1-3-8(7)12-9(15)6-14-5-4-11-13-14/h4-5,7-8H,1-3,6,10H2,(H,12,15). The number of nitrogens with zero attached hydrogens (tertiary/aromatic N) is 3. The van der Waals surface area contributed by atoms with Crippen molar-refractivity contribution in [1.29, 1.82) is 0 Å². The van der Waals surface area contributed by atoms with Crippen LogP contribution in [0.4, 0.5) is 0 Å². The van der Waals surface area contributed by atoms with E-state index in [0.29, 0.717) is 0 Å². The summed E-state index contributed by atoms with van der Waals surface area (Å²) in [5.41, 5.74) is 5.85. The molecule has 1 aromatic rings. The van der Waals surface area contributed by atoms with Gasteiger partial charge in [0.2, 0.25) is 5.91 Å². The third-order valence-electron chi connectivity index (χ3n) is 2.69. The van der Waals surface area contributed by atoms with Gasteiger partial charge in [-0.1, -0.05) is 5.21 Å². The van der Waals surface area contributed by atoms with Crippen molar-refractivity contribution >= 4 is 5.91 Å². The van der Waals surface area contributed by atoms with Gasteiger partial charge < -0.3 is 11.1 Å². The van der Waals surface area contributed by atoms with E-state index < -0.39 is 0 Å². The van der Waals surface area contributed by atoms with Gasteiger partial charge in [-0.2, -0.15) is 0 Å². The summed E-state index contributed by atoms with van der Waals surface area (Å²) in [4.78, 5) is 11.6. The van der Waals surface area contributed by atoms with Gasteiger partial charge in [0.15, 0.2) is 0 Å². The largest absolute Gasteiger partial charge is 0.350 e. The Balaban J connectivity index is 1.82. The maximum absolute atomic E-state index is 11.6. The lowest BCUT2D eigenvalue weighted by molar-refractivity contribution is -0.122. The van der Waals surface area contributed by atoms with E-state index >= 15 is 0 Å². The van der Waals surface area contributed by atoms with Crippen LogP contribution < -0.4 is 11.1 Å². The van der Waals surface area contributed by atoms with Gasteiger partial charge in [-0.3, -0.25) is 4.79 Å². The Morgan fingerprint density at radius 3 is 3.07 bits per heavy atom. The molecule has 6 heteroatoms. The van der Waals surface area contributed by atoms with Crippen molar-refractivity contribution in [3.63, 3.8) is 0 Å². The van der Waals surface area contributed by atoms with Gasteiger partial charge in [-0.25, -0.2) is 4.68 Å². The number of aromatic nitrogens is 3. The number of hydrogen-bond acceptors (Lipinski definition) is 4. The minimum atomic E-state index is -0.0529. The van der Waals surface area contributed by atoms with Crippen molar-refractivity contribution in [3.05, 3.63) is 12.4 Å². The molecule has 2 atom stereocenters. The van der Waals surface area contributed by atoms with Gasteiger partial charge in [0.25, 0.3) is 0 Å². The van der Waals surface area contributed by atoms with E-state index in [9.17, 15) is 4.79 Å². The number of rotatable bonds is 3. The first-order chi connectivity index (χ1) is 7.25. The summed E-state index contributed by atoms with van der Waals surface area (Å²) in [6, 6.07) is 0.228. The zero-order chi connectivity index (χ0) is 10.7. The first-order valence-corrected chi connectivity index (χ1v) is 5.15.